The monoisotopic (exact) mass is 513 g/mol. The van der Waals surface area contributed by atoms with Crippen molar-refractivity contribution in [1.82, 2.24) is 34.5 Å². The smallest absolute Gasteiger partial charge is 0.409 e. The van der Waals surface area contributed by atoms with Crippen LogP contribution in [-0.4, -0.2) is 85.1 Å². The van der Waals surface area contributed by atoms with Crippen LogP contribution in [-0.2, 0) is 16.0 Å². The second-order valence-corrected chi connectivity index (χ2v) is 9.16. The molecule has 12 nitrogen and oxygen atoms in total. The third-order valence-corrected chi connectivity index (χ3v) is 6.52. The molecule has 36 heavy (non-hydrogen) atoms. The number of benzene rings is 1. The molecule has 190 valence electrons. The lowest BCUT2D eigenvalue weighted by atomic mass is 10.2. The molecule has 1 aromatic carbocycles. The Morgan fingerprint density at radius 3 is 2.50 bits per heavy atom. The highest BCUT2D eigenvalue weighted by Crippen LogP contribution is 2.24. The molecule has 0 radical (unpaired) electrons. The van der Waals surface area contributed by atoms with Crippen molar-refractivity contribution in [3.63, 3.8) is 0 Å². The number of amides is 2. The Kier molecular flexibility index (Phi) is 7.88. The molecule has 4 rings (SSSR count). The molecule has 0 spiro atoms. The number of nitrogens with zero attached hydrogens (tertiary/aromatic N) is 5. The number of nitrogens with one attached hydrogen (secondary N) is 2. The van der Waals surface area contributed by atoms with Crippen molar-refractivity contribution < 1.29 is 14.3 Å². The number of ether oxygens (including phenoxy) is 1. The van der Waals surface area contributed by atoms with E-state index < -0.39 is 11.2 Å². The van der Waals surface area contributed by atoms with E-state index in [0.717, 1.165) is 11.3 Å². The van der Waals surface area contributed by atoms with Crippen LogP contribution in [0, 0.1) is 6.92 Å². The first-order valence-corrected chi connectivity index (χ1v) is 12.5. The molecule has 2 N–H and O–H groups in total. The van der Waals surface area contributed by atoms with E-state index in [4.69, 9.17) is 4.74 Å². The van der Waals surface area contributed by atoms with Crippen molar-refractivity contribution in [3.05, 3.63) is 68.3 Å². The Bertz CT molecular complexity index is 1330. The van der Waals surface area contributed by atoms with Crippen LogP contribution in [0.5, 0.6) is 0 Å². The predicted molar refractivity (Wildman–Crippen MR) is 132 cm³/mol. The molecule has 0 atom stereocenters. The first-order valence-electron chi connectivity index (χ1n) is 11.5. The molecule has 0 saturated carbocycles. The maximum atomic E-state index is 12.9. The molecule has 2 aromatic heterocycles. The number of hydrogen-bond acceptors (Lipinski definition) is 8. The maximum absolute atomic E-state index is 12.9. The molecule has 1 aliphatic rings. The van der Waals surface area contributed by atoms with Gasteiger partial charge in [-0.3, -0.25) is 19.1 Å². The van der Waals surface area contributed by atoms with E-state index in [1.165, 1.54) is 17.8 Å². The summed E-state index contributed by atoms with van der Waals surface area (Å²) in [5.41, 5.74) is 1.14. The number of H-pyrrole nitrogens is 2. The number of aromatic amines is 2. The zero-order valence-electron chi connectivity index (χ0n) is 20.0. The van der Waals surface area contributed by atoms with Gasteiger partial charge < -0.3 is 19.5 Å². The minimum Gasteiger partial charge on any atom is -0.450 e. The van der Waals surface area contributed by atoms with Crippen molar-refractivity contribution in [2.45, 2.75) is 25.4 Å². The van der Waals surface area contributed by atoms with Gasteiger partial charge in [0.15, 0.2) is 5.16 Å². The SMILES string of the molecule is CCOC(=O)N1CCN(C(=O)CSc2nnc(Cc3cc(=O)[nH]c(=O)[nH]3)n2-c2cccc(C)c2)CC1. The van der Waals surface area contributed by atoms with Crippen LogP contribution >= 0.6 is 11.8 Å². The molecule has 3 aromatic rings. The highest BCUT2D eigenvalue weighted by atomic mass is 32.2. The Morgan fingerprint density at radius 1 is 1.06 bits per heavy atom. The van der Waals surface area contributed by atoms with Crippen LogP contribution in [0.3, 0.4) is 0 Å². The molecule has 0 aliphatic carbocycles. The van der Waals surface area contributed by atoms with Gasteiger partial charge in [-0.25, -0.2) is 9.59 Å². The Morgan fingerprint density at radius 2 is 1.81 bits per heavy atom. The summed E-state index contributed by atoms with van der Waals surface area (Å²) < 4.78 is 6.85. The number of thioether (sulfide) groups is 1. The van der Waals surface area contributed by atoms with Gasteiger partial charge in [0.2, 0.25) is 5.91 Å². The van der Waals surface area contributed by atoms with Crippen LogP contribution < -0.4 is 11.2 Å². The van der Waals surface area contributed by atoms with Gasteiger partial charge in [-0.15, -0.1) is 10.2 Å². The molecular formula is C23H27N7O5S. The van der Waals surface area contributed by atoms with Gasteiger partial charge in [0.05, 0.1) is 12.4 Å². The minimum absolute atomic E-state index is 0.0669. The van der Waals surface area contributed by atoms with Crippen LogP contribution in [0.25, 0.3) is 5.69 Å². The molecule has 0 unspecified atom stereocenters. The Labute approximate surface area is 210 Å². The van der Waals surface area contributed by atoms with Gasteiger partial charge in [0.1, 0.15) is 5.82 Å². The highest BCUT2D eigenvalue weighted by Gasteiger charge is 2.25. The largest absolute Gasteiger partial charge is 0.450 e. The molecule has 3 heterocycles. The molecular weight excluding hydrogens is 486 g/mol. The summed E-state index contributed by atoms with van der Waals surface area (Å²) in [6.07, 6.45) is -0.191. The van der Waals surface area contributed by atoms with Gasteiger partial charge >= 0.3 is 11.8 Å². The van der Waals surface area contributed by atoms with Crippen molar-refractivity contribution in [1.29, 1.82) is 0 Å². The zero-order chi connectivity index (χ0) is 25.7. The number of carbonyl (C=O) groups is 2. The predicted octanol–water partition coefficient (Wildman–Crippen LogP) is 0.936. The van der Waals surface area contributed by atoms with Crippen LogP contribution in [0.15, 0.2) is 45.1 Å². The standard InChI is InChI=1S/C23H27N7O5S/c1-3-35-23(34)29-9-7-28(8-10-29)20(32)14-36-22-27-26-18(12-16-13-19(31)25-21(33)24-16)30(22)17-6-4-5-15(2)11-17/h4-6,11,13H,3,7-10,12,14H2,1-2H3,(H2,24,25,31,33). The van der Waals surface area contributed by atoms with Crippen molar-refractivity contribution in [2.24, 2.45) is 0 Å². The maximum Gasteiger partial charge on any atom is 0.409 e. The summed E-state index contributed by atoms with van der Waals surface area (Å²) >= 11 is 1.26. The number of aryl methyl sites for hydroxylation is 1. The summed E-state index contributed by atoms with van der Waals surface area (Å²) in [5.74, 6) is 0.591. The van der Waals surface area contributed by atoms with E-state index >= 15 is 0 Å². The van der Waals surface area contributed by atoms with Crippen LogP contribution in [0.4, 0.5) is 4.79 Å². The lowest BCUT2D eigenvalue weighted by molar-refractivity contribution is -0.129. The number of carbonyl (C=O) groups excluding carboxylic acids is 2. The van der Waals surface area contributed by atoms with Crippen LogP contribution in [0.2, 0.25) is 0 Å². The number of hydrogen-bond donors (Lipinski definition) is 2. The third-order valence-electron chi connectivity index (χ3n) is 5.61. The Balaban J connectivity index is 1.50. The summed E-state index contributed by atoms with van der Waals surface area (Å²) in [6.45, 7) is 5.76. The summed E-state index contributed by atoms with van der Waals surface area (Å²) in [5, 5.41) is 9.10. The molecule has 1 saturated heterocycles. The van der Waals surface area contributed by atoms with Gasteiger partial charge in [0, 0.05) is 50.0 Å². The third kappa shape index (κ3) is 6.03. The summed E-state index contributed by atoms with van der Waals surface area (Å²) in [7, 11) is 0. The normalized spacial score (nSPS) is 13.6. The Hall–Kier alpha value is -3.87. The van der Waals surface area contributed by atoms with E-state index in [1.54, 1.807) is 16.7 Å². The van der Waals surface area contributed by atoms with E-state index in [1.807, 2.05) is 35.8 Å². The fourth-order valence-electron chi connectivity index (χ4n) is 3.89. The fourth-order valence-corrected chi connectivity index (χ4v) is 4.76. The van der Waals surface area contributed by atoms with Gasteiger partial charge in [-0.2, -0.15) is 0 Å². The first kappa shape index (κ1) is 25.2. The lowest BCUT2D eigenvalue weighted by Crippen LogP contribution is -2.51. The van der Waals surface area contributed by atoms with E-state index in [2.05, 4.69) is 20.2 Å². The zero-order valence-corrected chi connectivity index (χ0v) is 20.8. The average Bonchev–Trinajstić information content (AvgIpc) is 3.24. The second kappa shape index (κ2) is 11.2. The minimum atomic E-state index is -0.595. The topological polar surface area (TPSA) is 146 Å². The highest BCUT2D eigenvalue weighted by molar-refractivity contribution is 7.99. The van der Waals surface area contributed by atoms with Crippen molar-refractivity contribution >= 4 is 23.8 Å². The number of piperazine rings is 1. The van der Waals surface area contributed by atoms with E-state index in [9.17, 15) is 19.2 Å². The molecule has 1 aliphatic heterocycles. The van der Waals surface area contributed by atoms with Crippen molar-refractivity contribution in [3.8, 4) is 5.69 Å². The average molecular weight is 514 g/mol. The van der Waals surface area contributed by atoms with Crippen molar-refractivity contribution in [2.75, 3.05) is 38.5 Å². The first-order chi connectivity index (χ1) is 17.3. The summed E-state index contributed by atoms with van der Waals surface area (Å²) in [6, 6.07) is 9.05. The molecule has 2 amide bonds. The quantitative estimate of drug-likeness (QED) is 0.444. The molecule has 13 heteroatoms. The second-order valence-electron chi connectivity index (χ2n) is 8.22. The van der Waals surface area contributed by atoms with E-state index in [-0.39, 0.29) is 24.2 Å². The van der Waals surface area contributed by atoms with Gasteiger partial charge in [-0.1, -0.05) is 23.9 Å². The van der Waals surface area contributed by atoms with Gasteiger partial charge in [-0.05, 0) is 31.5 Å². The van der Waals surface area contributed by atoms with E-state index in [0.29, 0.717) is 49.5 Å². The van der Waals surface area contributed by atoms with Gasteiger partial charge in [0.25, 0.3) is 5.56 Å². The lowest BCUT2D eigenvalue weighted by Gasteiger charge is -2.34. The van der Waals surface area contributed by atoms with Crippen LogP contribution in [0.1, 0.15) is 24.0 Å². The number of aromatic nitrogens is 5. The fraction of sp³-hybridized carbons (Fsp3) is 0.391. The molecule has 0 bridgehead atoms. The molecule has 1 fully saturated rings. The number of rotatable bonds is 7. The summed E-state index contributed by atoms with van der Waals surface area (Å²) in [4.78, 5) is 56.3.